The van der Waals surface area contributed by atoms with Crippen molar-refractivity contribution in [3.63, 3.8) is 0 Å². The van der Waals surface area contributed by atoms with Crippen molar-refractivity contribution in [2.45, 2.75) is 19.3 Å². The van der Waals surface area contributed by atoms with E-state index in [1.54, 1.807) is 0 Å². The van der Waals surface area contributed by atoms with E-state index in [0.29, 0.717) is 0 Å². The van der Waals surface area contributed by atoms with E-state index in [-0.39, 0.29) is 0 Å². The van der Waals surface area contributed by atoms with Crippen LogP contribution in [0.5, 0.6) is 0 Å². The fraction of sp³-hybridized carbons (Fsp3) is 1.00. The first-order valence-electron chi connectivity index (χ1n) is 4.05. The third kappa shape index (κ3) is 0.877. The molecule has 1 saturated carbocycles. The molecule has 0 spiro atoms. The molecule has 0 unspecified atom stereocenters. The Balaban J connectivity index is 2.02. The second kappa shape index (κ2) is 1.98. The maximum Gasteiger partial charge on any atom is 0.000985 e. The number of hydrogen-bond donors (Lipinski definition) is 0. The minimum Gasteiger partial charge on any atom is -0.306 e. The van der Waals surface area contributed by atoms with Gasteiger partial charge in [-0.25, -0.2) is 0 Å². The first-order valence-corrected chi connectivity index (χ1v) is 4.05. The zero-order valence-corrected chi connectivity index (χ0v) is 6.14. The van der Waals surface area contributed by atoms with E-state index in [9.17, 15) is 0 Å². The summed E-state index contributed by atoms with van der Waals surface area (Å²) in [5, 5.41) is 0. The summed E-state index contributed by atoms with van der Waals surface area (Å²) < 4.78 is 0. The lowest BCUT2D eigenvalue weighted by Crippen LogP contribution is -2.14. The molecule has 0 amide bonds. The molecule has 1 heterocycles. The molecule has 52 valence electrons. The lowest BCUT2D eigenvalue weighted by molar-refractivity contribution is 0.379. The molecule has 1 aliphatic heterocycles. The molecule has 0 aromatic heterocycles. The van der Waals surface area contributed by atoms with Gasteiger partial charge in [-0.1, -0.05) is 6.42 Å². The van der Waals surface area contributed by atoms with E-state index in [0.717, 1.165) is 11.8 Å². The summed E-state index contributed by atoms with van der Waals surface area (Å²) in [5.41, 5.74) is 0. The van der Waals surface area contributed by atoms with Crippen molar-refractivity contribution in [2.75, 3.05) is 20.1 Å². The molecule has 0 radical (unpaired) electrons. The summed E-state index contributed by atoms with van der Waals surface area (Å²) in [5.74, 6) is 2.16. The number of nitrogens with zero attached hydrogens (tertiary/aromatic N) is 1. The molecule has 1 nitrogen and oxygen atoms in total. The maximum absolute atomic E-state index is 2.48. The van der Waals surface area contributed by atoms with Crippen LogP contribution in [0.1, 0.15) is 19.3 Å². The smallest absolute Gasteiger partial charge is 0.000985 e. The van der Waals surface area contributed by atoms with E-state index in [1.807, 2.05) is 0 Å². The van der Waals surface area contributed by atoms with E-state index in [1.165, 1.54) is 32.4 Å². The topological polar surface area (TPSA) is 3.24 Å². The average molecular weight is 125 g/mol. The number of rotatable bonds is 0. The molecular formula is C8H15N. The Kier molecular flexibility index (Phi) is 1.26. The minimum atomic E-state index is 1.08. The fourth-order valence-electron chi connectivity index (χ4n) is 2.47. The number of fused-ring (bicyclic) bond motifs is 1. The normalized spacial score (nSPS) is 43.7. The minimum absolute atomic E-state index is 1.08. The van der Waals surface area contributed by atoms with Crippen LogP contribution >= 0.6 is 0 Å². The van der Waals surface area contributed by atoms with Crippen LogP contribution in [0.3, 0.4) is 0 Å². The van der Waals surface area contributed by atoms with Gasteiger partial charge in [0.25, 0.3) is 0 Å². The molecule has 0 aromatic carbocycles. The van der Waals surface area contributed by atoms with Crippen LogP contribution in [-0.4, -0.2) is 25.0 Å². The first kappa shape index (κ1) is 5.72. The molecule has 2 rings (SSSR count). The van der Waals surface area contributed by atoms with Gasteiger partial charge in [0.2, 0.25) is 0 Å². The summed E-state index contributed by atoms with van der Waals surface area (Å²) in [4.78, 5) is 2.48. The molecule has 0 bridgehead atoms. The maximum atomic E-state index is 2.48. The van der Waals surface area contributed by atoms with Crippen molar-refractivity contribution in [3.05, 3.63) is 0 Å². The van der Waals surface area contributed by atoms with Crippen molar-refractivity contribution in [1.82, 2.24) is 4.90 Å². The van der Waals surface area contributed by atoms with E-state index < -0.39 is 0 Å². The van der Waals surface area contributed by atoms with Gasteiger partial charge in [0.05, 0.1) is 0 Å². The number of likely N-dealkylation sites (tertiary alicyclic amines) is 1. The molecule has 2 aliphatic rings. The van der Waals surface area contributed by atoms with Crippen LogP contribution in [0.4, 0.5) is 0 Å². The number of hydrogen-bond acceptors (Lipinski definition) is 1. The van der Waals surface area contributed by atoms with Gasteiger partial charge in [-0.2, -0.15) is 0 Å². The van der Waals surface area contributed by atoms with Gasteiger partial charge in [0.1, 0.15) is 0 Å². The molecule has 0 N–H and O–H groups in total. The van der Waals surface area contributed by atoms with Crippen molar-refractivity contribution >= 4 is 0 Å². The van der Waals surface area contributed by atoms with E-state index in [4.69, 9.17) is 0 Å². The highest BCUT2D eigenvalue weighted by Gasteiger charge is 2.33. The molecular weight excluding hydrogens is 110 g/mol. The van der Waals surface area contributed by atoms with Crippen LogP contribution < -0.4 is 0 Å². The van der Waals surface area contributed by atoms with Crippen molar-refractivity contribution < 1.29 is 0 Å². The third-order valence-electron chi connectivity index (χ3n) is 2.91. The Labute approximate surface area is 57.0 Å². The van der Waals surface area contributed by atoms with Crippen molar-refractivity contribution in [2.24, 2.45) is 11.8 Å². The molecule has 1 heteroatoms. The standard InChI is InChI=1S/C8H15N/c1-9-5-7-3-2-4-8(7)6-9/h7-8H,2-6H2,1H3/t7-,8+. The highest BCUT2D eigenvalue weighted by molar-refractivity contribution is 4.86. The van der Waals surface area contributed by atoms with Crippen molar-refractivity contribution in [3.8, 4) is 0 Å². The van der Waals surface area contributed by atoms with Gasteiger partial charge in [0.15, 0.2) is 0 Å². The van der Waals surface area contributed by atoms with Crippen LogP contribution in [0.2, 0.25) is 0 Å². The Morgan fingerprint density at radius 1 is 1.11 bits per heavy atom. The van der Waals surface area contributed by atoms with Gasteiger partial charge in [-0.15, -0.1) is 0 Å². The summed E-state index contributed by atoms with van der Waals surface area (Å²) in [7, 11) is 2.25. The molecule has 2 atom stereocenters. The molecule has 1 aliphatic carbocycles. The monoisotopic (exact) mass is 125 g/mol. The average Bonchev–Trinajstić information content (AvgIpc) is 2.22. The van der Waals surface area contributed by atoms with Crippen molar-refractivity contribution in [1.29, 1.82) is 0 Å². The molecule has 0 aromatic rings. The largest absolute Gasteiger partial charge is 0.306 e. The van der Waals surface area contributed by atoms with Gasteiger partial charge in [0, 0.05) is 13.1 Å². The van der Waals surface area contributed by atoms with E-state index >= 15 is 0 Å². The third-order valence-corrected chi connectivity index (χ3v) is 2.91. The predicted molar refractivity (Wildman–Crippen MR) is 38.3 cm³/mol. The molecule has 9 heavy (non-hydrogen) atoms. The Morgan fingerprint density at radius 2 is 1.67 bits per heavy atom. The highest BCUT2D eigenvalue weighted by Crippen LogP contribution is 2.36. The zero-order chi connectivity index (χ0) is 6.27. The lowest BCUT2D eigenvalue weighted by Gasteiger charge is -2.06. The predicted octanol–water partition coefficient (Wildman–Crippen LogP) is 1.35. The van der Waals surface area contributed by atoms with Gasteiger partial charge in [-0.05, 0) is 31.7 Å². The summed E-state index contributed by atoms with van der Waals surface area (Å²) in [6.07, 6.45) is 4.52. The van der Waals surface area contributed by atoms with Crippen LogP contribution in [-0.2, 0) is 0 Å². The second-order valence-corrected chi connectivity index (χ2v) is 3.67. The summed E-state index contributed by atoms with van der Waals surface area (Å²) >= 11 is 0. The summed E-state index contributed by atoms with van der Waals surface area (Å²) in [6.45, 7) is 2.76. The molecule has 1 saturated heterocycles. The second-order valence-electron chi connectivity index (χ2n) is 3.67. The highest BCUT2D eigenvalue weighted by atomic mass is 15.1. The first-order chi connectivity index (χ1) is 4.36. The Morgan fingerprint density at radius 3 is 2.22 bits per heavy atom. The Hall–Kier alpha value is -0.0400. The van der Waals surface area contributed by atoms with Crippen LogP contribution in [0, 0.1) is 11.8 Å². The van der Waals surface area contributed by atoms with Gasteiger partial charge in [-0.3, -0.25) is 0 Å². The van der Waals surface area contributed by atoms with Gasteiger partial charge < -0.3 is 4.90 Å². The van der Waals surface area contributed by atoms with E-state index in [2.05, 4.69) is 11.9 Å². The molecule has 2 fully saturated rings. The lowest BCUT2D eigenvalue weighted by atomic mass is 10.0. The quantitative estimate of drug-likeness (QED) is 0.472. The SMILES string of the molecule is CN1C[C@H]2CCC[C@H]2C1. The summed E-state index contributed by atoms with van der Waals surface area (Å²) in [6, 6.07) is 0. The fourth-order valence-corrected chi connectivity index (χ4v) is 2.47. The van der Waals surface area contributed by atoms with Crippen LogP contribution in [0.15, 0.2) is 0 Å². The van der Waals surface area contributed by atoms with Crippen LogP contribution in [0.25, 0.3) is 0 Å². The van der Waals surface area contributed by atoms with Gasteiger partial charge >= 0.3 is 0 Å². The Bertz CT molecular complexity index is 99.1. The zero-order valence-electron chi connectivity index (χ0n) is 6.14.